The molecule has 2 heteroatoms. The molecule has 0 spiro atoms. The number of fused-ring (bicyclic) bond motifs is 1. The predicted octanol–water partition coefficient (Wildman–Crippen LogP) is 3.86. The van der Waals surface area contributed by atoms with Crippen LogP contribution in [0.4, 0.5) is 0 Å². The Morgan fingerprint density at radius 3 is 2.81 bits per heavy atom. The normalized spacial score (nSPS) is 15.2. The first-order valence-electron chi connectivity index (χ1n) is 5.84. The maximum atomic E-state index is 3.26. The van der Waals surface area contributed by atoms with Crippen LogP contribution in [0.15, 0.2) is 29.6 Å². The van der Waals surface area contributed by atoms with Crippen molar-refractivity contribution >= 4 is 21.4 Å². The van der Waals surface area contributed by atoms with Gasteiger partial charge in [0.2, 0.25) is 0 Å². The summed E-state index contributed by atoms with van der Waals surface area (Å²) in [4.78, 5) is 0. The summed E-state index contributed by atoms with van der Waals surface area (Å²) in [6, 6.07) is 8.85. The lowest BCUT2D eigenvalue weighted by Gasteiger charge is -2.20. The molecule has 0 fully saturated rings. The summed E-state index contributed by atoms with van der Waals surface area (Å²) in [5.74, 6) is 1.27. The summed E-state index contributed by atoms with van der Waals surface area (Å²) in [5, 5.41) is 6.83. The molecule has 0 saturated carbocycles. The van der Waals surface area contributed by atoms with Crippen molar-refractivity contribution in [2.75, 3.05) is 13.6 Å². The molecule has 1 aromatic heterocycles. The van der Waals surface area contributed by atoms with Gasteiger partial charge in [-0.1, -0.05) is 32.0 Å². The van der Waals surface area contributed by atoms with Crippen LogP contribution in [-0.4, -0.2) is 13.6 Å². The van der Waals surface area contributed by atoms with Gasteiger partial charge >= 0.3 is 0 Å². The number of hydrogen-bond donors (Lipinski definition) is 1. The van der Waals surface area contributed by atoms with E-state index in [1.807, 2.05) is 18.4 Å². The van der Waals surface area contributed by atoms with E-state index in [9.17, 15) is 0 Å². The Bertz CT molecular complexity index is 460. The quantitative estimate of drug-likeness (QED) is 0.845. The second kappa shape index (κ2) is 4.98. The van der Waals surface area contributed by atoms with Crippen molar-refractivity contribution in [1.82, 2.24) is 5.32 Å². The first kappa shape index (κ1) is 11.6. The van der Waals surface area contributed by atoms with Gasteiger partial charge in [0.1, 0.15) is 0 Å². The molecule has 0 bridgehead atoms. The standard InChI is InChI=1S/C14H19NS/c1-10(9-15-3)11(2)13-6-4-5-12-7-8-16-14(12)13/h4-8,10-11,15H,9H2,1-3H3. The molecule has 0 aliphatic heterocycles. The summed E-state index contributed by atoms with van der Waals surface area (Å²) in [7, 11) is 2.02. The summed E-state index contributed by atoms with van der Waals surface area (Å²) in [5.41, 5.74) is 1.50. The zero-order valence-corrected chi connectivity index (χ0v) is 11.0. The zero-order chi connectivity index (χ0) is 11.5. The maximum Gasteiger partial charge on any atom is 0.0377 e. The number of hydrogen-bond acceptors (Lipinski definition) is 2. The first-order chi connectivity index (χ1) is 7.74. The third kappa shape index (κ3) is 2.13. The molecule has 0 saturated heterocycles. The lowest BCUT2D eigenvalue weighted by Crippen LogP contribution is -2.20. The molecule has 2 unspecified atom stereocenters. The number of benzene rings is 1. The highest BCUT2D eigenvalue weighted by Gasteiger charge is 2.16. The summed E-state index contributed by atoms with van der Waals surface area (Å²) in [6.07, 6.45) is 0. The van der Waals surface area contributed by atoms with Gasteiger partial charge in [-0.05, 0) is 47.8 Å². The highest BCUT2D eigenvalue weighted by atomic mass is 32.1. The minimum atomic E-state index is 0.606. The Labute approximate surface area is 101 Å². The molecular formula is C14H19NS. The van der Waals surface area contributed by atoms with Crippen LogP contribution in [0.2, 0.25) is 0 Å². The Morgan fingerprint density at radius 1 is 1.25 bits per heavy atom. The molecule has 1 nitrogen and oxygen atoms in total. The van der Waals surface area contributed by atoms with E-state index < -0.39 is 0 Å². The molecule has 2 aromatic rings. The predicted molar refractivity (Wildman–Crippen MR) is 73.3 cm³/mol. The SMILES string of the molecule is CNCC(C)C(C)c1cccc2ccsc12. The fourth-order valence-electron chi connectivity index (χ4n) is 2.18. The van der Waals surface area contributed by atoms with Gasteiger partial charge in [0.15, 0.2) is 0 Å². The third-order valence-electron chi connectivity index (χ3n) is 3.38. The minimum Gasteiger partial charge on any atom is -0.319 e. The molecule has 1 aromatic carbocycles. The van der Waals surface area contributed by atoms with Crippen LogP contribution in [0.5, 0.6) is 0 Å². The topological polar surface area (TPSA) is 12.0 Å². The van der Waals surface area contributed by atoms with Crippen molar-refractivity contribution in [3.63, 3.8) is 0 Å². The number of thiophene rings is 1. The summed E-state index contributed by atoms with van der Waals surface area (Å²) < 4.78 is 1.46. The first-order valence-corrected chi connectivity index (χ1v) is 6.72. The number of nitrogens with one attached hydrogen (secondary N) is 1. The van der Waals surface area contributed by atoms with Crippen LogP contribution in [0.1, 0.15) is 25.3 Å². The van der Waals surface area contributed by atoms with Gasteiger partial charge in [-0.2, -0.15) is 0 Å². The second-order valence-electron chi connectivity index (χ2n) is 4.51. The average Bonchev–Trinajstić information content (AvgIpc) is 2.76. The monoisotopic (exact) mass is 233 g/mol. The largest absolute Gasteiger partial charge is 0.319 e. The van der Waals surface area contributed by atoms with Gasteiger partial charge < -0.3 is 5.32 Å². The van der Waals surface area contributed by atoms with Crippen LogP contribution in [0, 0.1) is 5.92 Å². The van der Waals surface area contributed by atoms with Gasteiger partial charge in [0, 0.05) is 4.70 Å². The Hall–Kier alpha value is -0.860. The maximum absolute atomic E-state index is 3.26. The van der Waals surface area contributed by atoms with Crippen LogP contribution in [0.25, 0.3) is 10.1 Å². The molecule has 2 rings (SSSR count). The van der Waals surface area contributed by atoms with E-state index in [0.29, 0.717) is 11.8 Å². The molecule has 1 N–H and O–H groups in total. The van der Waals surface area contributed by atoms with Crippen molar-refractivity contribution in [2.24, 2.45) is 5.92 Å². The molecule has 16 heavy (non-hydrogen) atoms. The fourth-order valence-corrected chi connectivity index (χ4v) is 3.19. The van der Waals surface area contributed by atoms with Gasteiger partial charge in [-0.15, -0.1) is 11.3 Å². The van der Waals surface area contributed by atoms with Crippen molar-refractivity contribution < 1.29 is 0 Å². The minimum absolute atomic E-state index is 0.606. The van der Waals surface area contributed by atoms with Crippen LogP contribution in [0.3, 0.4) is 0 Å². The Balaban J connectivity index is 2.35. The van der Waals surface area contributed by atoms with Crippen molar-refractivity contribution in [3.05, 3.63) is 35.2 Å². The molecule has 1 heterocycles. The highest BCUT2D eigenvalue weighted by Crippen LogP contribution is 2.33. The lowest BCUT2D eigenvalue weighted by atomic mass is 9.88. The molecule has 0 amide bonds. The van der Waals surface area contributed by atoms with Gasteiger partial charge in [0.25, 0.3) is 0 Å². The molecular weight excluding hydrogens is 214 g/mol. The number of rotatable bonds is 4. The van der Waals surface area contributed by atoms with E-state index in [0.717, 1.165) is 6.54 Å². The lowest BCUT2D eigenvalue weighted by molar-refractivity contribution is 0.468. The Morgan fingerprint density at radius 2 is 2.06 bits per heavy atom. The van der Waals surface area contributed by atoms with E-state index >= 15 is 0 Å². The van der Waals surface area contributed by atoms with Gasteiger partial charge in [-0.25, -0.2) is 0 Å². The summed E-state index contributed by atoms with van der Waals surface area (Å²) >= 11 is 1.86. The van der Waals surface area contributed by atoms with E-state index in [4.69, 9.17) is 0 Å². The third-order valence-corrected chi connectivity index (χ3v) is 4.36. The Kier molecular flexibility index (Phi) is 3.62. The van der Waals surface area contributed by atoms with E-state index in [1.54, 1.807) is 0 Å². The van der Waals surface area contributed by atoms with Gasteiger partial charge in [-0.3, -0.25) is 0 Å². The van der Waals surface area contributed by atoms with E-state index in [-0.39, 0.29) is 0 Å². The van der Waals surface area contributed by atoms with E-state index in [1.165, 1.54) is 15.6 Å². The van der Waals surface area contributed by atoms with Crippen molar-refractivity contribution in [2.45, 2.75) is 19.8 Å². The highest BCUT2D eigenvalue weighted by molar-refractivity contribution is 7.17. The molecule has 0 aliphatic carbocycles. The smallest absolute Gasteiger partial charge is 0.0377 e. The molecule has 2 atom stereocenters. The molecule has 86 valence electrons. The average molecular weight is 233 g/mol. The van der Waals surface area contributed by atoms with Crippen molar-refractivity contribution in [1.29, 1.82) is 0 Å². The summed E-state index contributed by atoms with van der Waals surface area (Å²) in [6.45, 7) is 5.72. The second-order valence-corrected chi connectivity index (χ2v) is 5.43. The van der Waals surface area contributed by atoms with Crippen LogP contribution >= 0.6 is 11.3 Å². The van der Waals surface area contributed by atoms with Gasteiger partial charge in [0.05, 0.1) is 0 Å². The van der Waals surface area contributed by atoms with E-state index in [2.05, 4.69) is 48.8 Å². The van der Waals surface area contributed by atoms with Crippen molar-refractivity contribution in [3.8, 4) is 0 Å². The van der Waals surface area contributed by atoms with Crippen LogP contribution < -0.4 is 5.32 Å². The molecule has 0 radical (unpaired) electrons. The fraction of sp³-hybridized carbons (Fsp3) is 0.429. The zero-order valence-electron chi connectivity index (χ0n) is 10.2. The van der Waals surface area contributed by atoms with Crippen LogP contribution in [-0.2, 0) is 0 Å². The molecule has 0 aliphatic rings.